The molecule has 0 aliphatic heterocycles. The van der Waals surface area contributed by atoms with Crippen LogP contribution in [0.4, 0.5) is 0 Å². The van der Waals surface area contributed by atoms with E-state index in [2.05, 4.69) is 133 Å². The second kappa shape index (κ2) is 14.0. The van der Waals surface area contributed by atoms with Crippen LogP contribution < -0.4 is 21.2 Å². The van der Waals surface area contributed by atoms with Crippen LogP contribution in [0.5, 0.6) is 0 Å². The van der Waals surface area contributed by atoms with Crippen molar-refractivity contribution in [2.45, 2.75) is 0 Å². The molecular weight excluding hydrogens is 640 g/mol. The monoisotopic (exact) mass is 663 g/mol. The van der Waals surface area contributed by atoms with Crippen LogP contribution in [-0.4, -0.2) is 0 Å². The molecule has 31 heavy (non-hydrogen) atoms. The van der Waals surface area contributed by atoms with E-state index in [1.165, 1.54) is 21.2 Å². The summed E-state index contributed by atoms with van der Waals surface area (Å²) in [6, 6.07) is 43.7. The summed E-state index contributed by atoms with van der Waals surface area (Å²) in [5.41, 5.74) is 0. The van der Waals surface area contributed by atoms with Gasteiger partial charge in [-0.15, -0.1) is 0 Å². The van der Waals surface area contributed by atoms with E-state index >= 15 is 0 Å². The van der Waals surface area contributed by atoms with Crippen molar-refractivity contribution in [3.05, 3.63) is 133 Å². The van der Waals surface area contributed by atoms with Crippen molar-refractivity contribution in [1.82, 2.24) is 0 Å². The summed E-state index contributed by atoms with van der Waals surface area (Å²) < 4.78 is 0. The number of benzene rings is 4. The van der Waals surface area contributed by atoms with Gasteiger partial charge in [-0.25, -0.2) is 0 Å². The maximum absolute atomic E-state index is 4.88. The molecule has 0 aliphatic rings. The average Bonchev–Trinajstić information content (AvgIpc) is 2.85. The molecule has 0 saturated carbocycles. The topological polar surface area (TPSA) is 0 Å². The molecule has 0 aromatic heterocycles. The van der Waals surface area contributed by atoms with E-state index in [1.54, 1.807) is 0 Å². The summed E-state index contributed by atoms with van der Waals surface area (Å²) in [7, 11) is 7.82. The minimum absolute atomic E-state index is 0.472. The van der Waals surface area contributed by atoms with Crippen LogP contribution in [0.2, 0.25) is 0 Å². The molecule has 0 aliphatic carbocycles. The van der Waals surface area contributed by atoms with E-state index in [4.69, 9.17) is 18.8 Å². The van der Waals surface area contributed by atoms with E-state index in [-0.39, 0.29) is 0 Å². The summed E-state index contributed by atoms with van der Waals surface area (Å²) in [4.78, 5) is 0. The molecule has 5 heteroatoms. The normalized spacial score (nSPS) is 11.0. The first-order valence-electron chi connectivity index (χ1n) is 9.79. The molecule has 0 bridgehead atoms. The Morgan fingerprint density at radius 1 is 0.419 bits per heavy atom. The van der Waals surface area contributed by atoms with Crippen LogP contribution in [0.25, 0.3) is 0 Å². The van der Waals surface area contributed by atoms with Crippen LogP contribution in [-0.2, 0) is 16.5 Å². The van der Waals surface area contributed by atoms with Crippen molar-refractivity contribution in [3.8, 4) is 0 Å². The van der Waals surface area contributed by atoms with E-state index in [0.717, 1.165) is 0 Å². The minimum atomic E-state index is -0.964. The third-order valence-corrected chi connectivity index (χ3v) is 9.91. The molecule has 4 aromatic rings. The molecule has 0 spiro atoms. The molecule has 0 amide bonds. The molecular formula is C26H24Cl2P2Pt+2. The maximum atomic E-state index is 4.88. The van der Waals surface area contributed by atoms with Crippen LogP contribution >= 0.6 is 34.7 Å². The van der Waals surface area contributed by atoms with E-state index < -0.39 is 32.3 Å². The molecule has 0 N–H and O–H groups in total. The Kier molecular flexibility index (Phi) is 11.0. The van der Waals surface area contributed by atoms with Gasteiger partial charge in [0, 0.05) is 0 Å². The third kappa shape index (κ3) is 7.68. The van der Waals surface area contributed by atoms with Crippen molar-refractivity contribution in [2.75, 3.05) is 0 Å². The molecule has 0 atom stereocenters. The SMILES string of the molecule is C(=C[PH+](c1ccccc1)c1ccccc1)[PH+](c1ccccc1)c1ccccc1.[Cl][Pt][Cl]. The van der Waals surface area contributed by atoms with Crippen molar-refractivity contribution in [2.24, 2.45) is 0 Å². The van der Waals surface area contributed by atoms with Crippen molar-refractivity contribution in [1.29, 1.82) is 0 Å². The first-order valence-corrected chi connectivity index (χ1v) is 18.6. The van der Waals surface area contributed by atoms with Gasteiger partial charge in [-0.3, -0.25) is 0 Å². The Morgan fingerprint density at radius 2 is 0.613 bits per heavy atom. The van der Waals surface area contributed by atoms with Gasteiger partial charge in [0.2, 0.25) is 0 Å². The van der Waals surface area contributed by atoms with Gasteiger partial charge in [0.05, 0.1) is 15.8 Å². The zero-order chi connectivity index (χ0) is 21.7. The van der Waals surface area contributed by atoms with Gasteiger partial charge in [-0.1, -0.05) is 72.8 Å². The molecule has 0 unspecified atom stereocenters. The zero-order valence-corrected chi connectivity index (χ0v) is 22.6. The molecule has 0 radical (unpaired) electrons. The standard InChI is InChI=1S/C26H22P2.2ClH.Pt/c1-5-13-23(14-6-1)27(24-15-7-2-8-16-24)21-22-28(25-17-9-3-10-18-25)26-19-11-4-12-20-26;;;/h1-22H;2*1H;/q;;;+2. The summed E-state index contributed by atoms with van der Waals surface area (Å²) in [6.45, 7) is 0. The predicted molar refractivity (Wildman–Crippen MR) is 142 cm³/mol. The fourth-order valence-corrected chi connectivity index (χ4v) is 8.33. The van der Waals surface area contributed by atoms with Gasteiger partial charge in [0.1, 0.15) is 32.9 Å². The van der Waals surface area contributed by atoms with Gasteiger partial charge in [0.25, 0.3) is 0 Å². The Morgan fingerprint density at radius 3 is 0.806 bits per heavy atom. The predicted octanol–water partition coefficient (Wildman–Crippen LogP) is 6.56. The molecule has 160 valence electrons. The fraction of sp³-hybridized carbons (Fsp3) is 0. The molecule has 0 saturated heterocycles. The molecule has 4 aromatic carbocycles. The quantitative estimate of drug-likeness (QED) is 0.205. The number of hydrogen-bond acceptors (Lipinski definition) is 0. The Labute approximate surface area is 204 Å². The summed E-state index contributed by atoms with van der Waals surface area (Å²) >= 11 is -0.472. The Balaban J connectivity index is 0.000000858. The second-order valence-corrected chi connectivity index (χ2v) is 14.6. The second-order valence-electron chi connectivity index (χ2n) is 6.67. The molecule has 4 rings (SSSR count). The van der Waals surface area contributed by atoms with E-state index in [0.29, 0.717) is 0 Å². The van der Waals surface area contributed by atoms with Gasteiger partial charge in [0.15, 0.2) is 0 Å². The fourth-order valence-electron chi connectivity index (χ4n) is 3.36. The van der Waals surface area contributed by atoms with Gasteiger partial charge in [-0.2, -0.15) is 0 Å². The van der Waals surface area contributed by atoms with Gasteiger partial charge < -0.3 is 0 Å². The van der Waals surface area contributed by atoms with Crippen molar-refractivity contribution in [3.63, 3.8) is 0 Å². The zero-order valence-electron chi connectivity index (χ0n) is 16.8. The summed E-state index contributed by atoms with van der Waals surface area (Å²) in [5.74, 6) is 5.01. The first kappa shape index (κ1) is 24.4. The number of rotatable bonds is 6. The van der Waals surface area contributed by atoms with Crippen LogP contribution in [0.1, 0.15) is 0 Å². The van der Waals surface area contributed by atoms with Crippen LogP contribution in [0, 0.1) is 0 Å². The van der Waals surface area contributed by atoms with Crippen LogP contribution in [0.15, 0.2) is 133 Å². The van der Waals surface area contributed by atoms with Crippen LogP contribution in [0.3, 0.4) is 0 Å². The van der Waals surface area contributed by atoms with Crippen molar-refractivity contribution < 1.29 is 16.5 Å². The Hall–Kier alpha value is -1.25. The molecule has 0 nitrogen and oxygen atoms in total. The Bertz CT molecular complexity index is 866. The molecule has 0 heterocycles. The average molecular weight is 664 g/mol. The van der Waals surface area contributed by atoms with Crippen molar-refractivity contribution >= 4 is 55.9 Å². The van der Waals surface area contributed by atoms with Gasteiger partial charge in [-0.05, 0) is 48.5 Å². The number of hydrogen-bond donors (Lipinski definition) is 0. The third-order valence-electron chi connectivity index (χ3n) is 4.76. The van der Waals surface area contributed by atoms with E-state index in [1.807, 2.05) is 0 Å². The summed E-state index contributed by atoms with van der Waals surface area (Å²) in [6.07, 6.45) is 0. The van der Waals surface area contributed by atoms with Gasteiger partial charge >= 0.3 is 35.3 Å². The van der Waals surface area contributed by atoms with E-state index in [9.17, 15) is 0 Å². The number of halogens is 2. The first-order chi connectivity index (χ1) is 15.3. The summed E-state index contributed by atoms with van der Waals surface area (Å²) in [5, 5.41) is 5.71. The molecule has 0 fully saturated rings.